The summed E-state index contributed by atoms with van der Waals surface area (Å²) in [5.74, 6) is 0.605. The number of aromatic nitrogens is 3. The maximum Gasteiger partial charge on any atom is 0.490 e. The maximum absolute atomic E-state index is 6.11. The topological polar surface area (TPSA) is 69.2 Å². The highest BCUT2D eigenvalue weighted by atomic mass is 35.5. The van der Waals surface area contributed by atoms with E-state index in [-0.39, 0.29) is 29.6 Å². The fourth-order valence-corrected chi connectivity index (χ4v) is 2.65. The average molecular weight is 323 g/mol. The first-order valence-electron chi connectivity index (χ1n) is 7.42. The van der Waals surface area contributed by atoms with E-state index in [1.54, 1.807) is 0 Å². The van der Waals surface area contributed by atoms with E-state index >= 15 is 0 Å². The molecule has 3 rings (SSSR count). The molecule has 2 aliphatic heterocycles. The van der Waals surface area contributed by atoms with E-state index in [9.17, 15) is 0 Å². The third-order valence-electron chi connectivity index (χ3n) is 4.55. The summed E-state index contributed by atoms with van der Waals surface area (Å²) in [7, 11) is -0.327. The summed E-state index contributed by atoms with van der Waals surface area (Å²) < 4.78 is 12.2. The Morgan fingerprint density at radius 1 is 1.23 bits per heavy atom. The molecular formula is C14H20BClN4O2. The van der Waals surface area contributed by atoms with Crippen LogP contribution >= 0.6 is 11.6 Å². The van der Waals surface area contributed by atoms with Crippen molar-refractivity contribution < 1.29 is 9.31 Å². The van der Waals surface area contributed by atoms with Gasteiger partial charge in [-0.15, -0.1) is 0 Å². The first-order valence-corrected chi connectivity index (χ1v) is 7.80. The maximum atomic E-state index is 6.11. The molecule has 118 valence electrons. The number of hydrogen-bond donors (Lipinski definition) is 1. The van der Waals surface area contributed by atoms with Crippen molar-refractivity contribution in [3.63, 3.8) is 0 Å². The van der Waals surface area contributed by atoms with Crippen molar-refractivity contribution in [2.75, 3.05) is 6.54 Å². The lowest BCUT2D eigenvalue weighted by Crippen LogP contribution is -2.41. The molecule has 1 saturated heterocycles. The van der Waals surface area contributed by atoms with Gasteiger partial charge in [0, 0.05) is 0 Å². The van der Waals surface area contributed by atoms with E-state index in [0.29, 0.717) is 5.82 Å². The summed E-state index contributed by atoms with van der Waals surface area (Å²) in [6, 6.07) is -0.108. The average Bonchev–Trinajstić information content (AvgIpc) is 2.68. The fraction of sp³-hybridized carbons (Fsp3) is 0.643. The van der Waals surface area contributed by atoms with Crippen molar-refractivity contribution in [2.24, 2.45) is 0 Å². The van der Waals surface area contributed by atoms with Crippen LogP contribution in [0, 0.1) is 0 Å². The molecule has 1 N–H and O–H groups in total. The Morgan fingerprint density at radius 2 is 1.91 bits per heavy atom. The fourth-order valence-electron chi connectivity index (χ4n) is 2.52. The van der Waals surface area contributed by atoms with Crippen LogP contribution in [0.4, 0.5) is 0 Å². The van der Waals surface area contributed by atoms with Crippen LogP contribution in [0.1, 0.15) is 46.0 Å². The summed E-state index contributed by atoms with van der Waals surface area (Å²) in [4.78, 5) is 12.2. The van der Waals surface area contributed by atoms with Gasteiger partial charge in [0.15, 0.2) is 5.82 Å². The van der Waals surface area contributed by atoms with Crippen LogP contribution in [0.15, 0.2) is 17.9 Å². The predicted molar refractivity (Wildman–Crippen MR) is 84.4 cm³/mol. The lowest BCUT2D eigenvalue weighted by atomic mass is 9.74. The Bertz CT molecular complexity index is 592. The third-order valence-corrected chi connectivity index (χ3v) is 4.74. The Labute approximate surface area is 135 Å². The van der Waals surface area contributed by atoms with E-state index in [1.165, 1.54) is 6.33 Å². The second-order valence-corrected chi connectivity index (χ2v) is 6.96. The van der Waals surface area contributed by atoms with Crippen molar-refractivity contribution in [1.82, 2.24) is 20.3 Å². The molecule has 1 aromatic heterocycles. The highest BCUT2D eigenvalue weighted by molar-refractivity contribution is 6.54. The number of nitrogens with one attached hydrogen (secondary N) is 1. The van der Waals surface area contributed by atoms with Crippen molar-refractivity contribution in [2.45, 2.75) is 51.4 Å². The number of hydrogen-bond acceptors (Lipinski definition) is 6. The molecule has 0 amide bonds. The largest absolute Gasteiger partial charge is 0.490 e. The standard InChI is InChI=1S/C14H20BClN4O2/c1-13(2)14(3,4)22-15(21-13)9-5-6-17-10(7-9)11-18-8-19-12(16)20-11/h7-8,10,17H,5-6H2,1-4H3. The highest BCUT2D eigenvalue weighted by Crippen LogP contribution is 2.39. The van der Waals surface area contributed by atoms with Gasteiger partial charge in [0.1, 0.15) is 6.33 Å². The SMILES string of the molecule is CC1(C)OB(C2=CC(c3ncnc(Cl)n3)NCC2)OC1(C)C. The molecule has 22 heavy (non-hydrogen) atoms. The second kappa shape index (κ2) is 5.56. The molecule has 8 heteroatoms. The summed E-state index contributed by atoms with van der Waals surface area (Å²) in [6.45, 7) is 9.02. The van der Waals surface area contributed by atoms with Crippen molar-refractivity contribution in [1.29, 1.82) is 0 Å². The van der Waals surface area contributed by atoms with E-state index in [1.807, 2.05) is 0 Å². The van der Waals surface area contributed by atoms with Gasteiger partial charge in [0.25, 0.3) is 0 Å². The van der Waals surface area contributed by atoms with Crippen molar-refractivity contribution >= 4 is 18.7 Å². The zero-order chi connectivity index (χ0) is 16.0. The molecule has 2 aliphatic rings. The first kappa shape index (κ1) is 15.9. The summed E-state index contributed by atoms with van der Waals surface area (Å²) in [5.41, 5.74) is 0.434. The van der Waals surface area contributed by atoms with Gasteiger partial charge >= 0.3 is 7.12 Å². The van der Waals surface area contributed by atoms with Gasteiger partial charge < -0.3 is 14.6 Å². The zero-order valence-electron chi connectivity index (χ0n) is 13.3. The summed E-state index contributed by atoms with van der Waals surface area (Å²) in [5, 5.41) is 3.56. The lowest BCUT2D eigenvalue weighted by molar-refractivity contribution is 0.00578. The number of halogens is 1. The molecule has 0 saturated carbocycles. The molecule has 1 atom stereocenters. The van der Waals surface area contributed by atoms with E-state index < -0.39 is 0 Å². The normalized spacial score (nSPS) is 26.9. The van der Waals surface area contributed by atoms with E-state index in [4.69, 9.17) is 20.9 Å². The molecule has 0 bridgehead atoms. The van der Waals surface area contributed by atoms with Crippen LogP contribution in [0.2, 0.25) is 5.28 Å². The van der Waals surface area contributed by atoms with Gasteiger partial charge in [-0.1, -0.05) is 6.08 Å². The Kier molecular flexibility index (Phi) is 4.01. The van der Waals surface area contributed by atoms with Crippen molar-refractivity contribution in [3.05, 3.63) is 29.0 Å². The van der Waals surface area contributed by atoms with Gasteiger partial charge in [-0.2, -0.15) is 0 Å². The zero-order valence-corrected chi connectivity index (χ0v) is 14.0. The minimum atomic E-state index is -0.338. The van der Waals surface area contributed by atoms with E-state index in [0.717, 1.165) is 18.4 Å². The van der Waals surface area contributed by atoms with Crippen LogP contribution in [0.3, 0.4) is 0 Å². The van der Waals surface area contributed by atoms with Gasteiger partial charge in [-0.05, 0) is 57.7 Å². The Morgan fingerprint density at radius 3 is 2.55 bits per heavy atom. The molecule has 0 aliphatic carbocycles. The minimum absolute atomic E-state index is 0.108. The van der Waals surface area contributed by atoms with Crippen LogP contribution in [0.5, 0.6) is 0 Å². The van der Waals surface area contributed by atoms with Crippen LogP contribution < -0.4 is 5.32 Å². The molecular weight excluding hydrogens is 302 g/mol. The minimum Gasteiger partial charge on any atom is -0.400 e. The van der Waals surface area contributed by atoms with Crippen LogP contribution in [0.25, 0.3) is 0 Å². The highest BCUT2D eigenvalue weighted by Gasteiger charge is 2.52. The second-order valence-electron chi connectivity index (χ2n) is 6.62. The smallest absolute Gasteiger partial charge is 0.400 e. The molecule has 1 aromatic rings. The van der Waals surface area contributed by atoms with Crippen LogP contribution in [-0.2, 0) is 9.31 Å². The lowest BCUT2D eigenvalue weighted by Gasteiger charge is -2.32. The third kappa shape index (κ3) is 2.90. The molecule has 0 spiro atoms. The molecule has 0 aromatic carbocycles. The van der Waals surface area contributed by atoms with E-state index in [2.05, 4.69) is 54.0 Å². The molecule has 6 nitrogen and oxygen atoms in total. The number of nitrogens with zero attached hydrogens (tertiary/aromatic N) is 3. The molecule has 1 unspecified atom stereocenters. The van der Waals surface area contributed by atoms with Gasteiger partial charge in [-0.3, -0.25) is 0 Å². The predicted octanol–water partition coefficient (Wildman–Crippen LogP) is 2.12. The van der Waals surface area contributed by atoms with Gasteiger partial charge in [-0.25, -0.2) is 15.0 Å². The Hall–Kier alpha value is -1.02. The quantitative estimate of drug-likeness (QED) is 0.841. The first-order chi connectivity index (χ1) is 10.3. The summed E-state index contributed by atoms with van der Waals surface area (Å²) in [6.07, 6.45) is 4.35. The van der Waals surface area contributed by atoms with Crippen molar-refractivity contribution in [3.8, 4) is 0 Å². The van der Waals surface area contributed by atoms with Gasteiger partial charge in [0.05, 0.1) is 17.2 Å². The number of rotatable bonds is 2. The molecule has 0 radical (unpaired) electrons. The van der Waals surface area contributed by atoms with Gasteiger partial charge in [0.2, 0.25) is 5.28 Å². The Balaban J connectivity index is 1.83. The van der Waals surface area contributed by atoms with Crippen LogP contribution in [-0.4, -0.2) is 39.8 Å². The monoisotopic (exact) mass is 322 g/mol. The molecule has 1 fully saturated rings. The summed E-state index contributed by atoms with van der Waals surface area (Å²) >= 11 is 5.84. The molecule has 3 heterocycles.